The van der Waals surface area contributed by atoms with Crippen molar-refractivity contribution in [3.8, 4) is 5.75 Å². The molecule has 1 fully saturated rings. The molecule has 0 amide bonds. The normalized spacial score (nSPS) is 21.8. The molecule has 1 atom stereocenters. The summed E-state index contributed by atoms with van der Waals surface area (Å²) in [6, 6.07) is 3.47. The van der Waals surface area contributed by atoms with Crippen molar-refractivity contribution in [2.24, 2.45) is 0 Å². The number of nitro groups is 1. The van der Waals surface area contributed by atoms with Crippen molar-refractivity contribution in [2.45, 2.75) is 13.0 Å². The van der Waals surface area contributed by atoms with Crippen LogP contribution < -0.4 is 15.0 Å². The number of rotatable bonds is 1. The van der Waals surface area contributed by atoms with Gasteiger partial charge in [-0.3, -0.25) is 10.1 Å². The van der Waals surface area contributed by atoms with E-state index in [1.54, 1.807) is 6.07 Å². The molecule has 0 aliphatic carbocycles. The Balaban J connectivity index is 2.06. The van der Waals surface area contributed by atoms with E-state index >= 15 is 0 Å². The molecular formula is C12H15N3O3. The molecule has 6 heteroatoms. The minimum absolute atomic E-state index is 0.0971. The summed E-state index contributed by atoms with van der Waals surface area (Å²) in [6.45, 7) is 5.24. The van der Waals surface area contributed by atoms with Crippen LogP contribution in [0.25, 0.3) is 0 Å². The Bertz CT molecular complexity index is 504. The number of non-ortho nitro benzene ring substituents is 1. The SMILES string of the molecule is Cc1cc([N+](=O)[O-])cc2c1N1CCNCC1CO2. The third-order valence-electron chi connectivity index (χ3n) is 3.53. The molecule has 1 N–H and O–H groups in total. The predicted molar refractivity (Wildman–Crippen MR) is 67.3 cm³/mol. The number of nitro benzene ring substituents is 1. The number of hydrogen-bond donors (Lipinski definition) is 1. The lowest BCUT2D eigenvalue weighted by atomic mass is 10.1. The van der Waals surface area contributed by atoms with Gasteiger partial charge in [0.05, 0.1) is 22.7 Å². The number of benzene rings is 1. The van der Waals surface area contributed by atoms with Crippen LogP contribution in [0.3, 0.4) is 0 Å². The van der Waals surface area contributed by atoms with Crippen molar-refractivity contribution in [1.29, 1.82) is 0 Å². The van der Waals surface area contributed by atoms with E-state index in [4.69, 9.17) is 4.74 Å². The first-order valence-corrected chi connectivity index (χ1v) is 6.06. The van der Waals surface area contributed by atoms with Crippen LogP contribution in [0, 0.1) is 17.0 Å². The van der Waals surface area contributed by atoms with Gasteiger partial charge < -0.3 is 15.0 Å². The molecule has 2 aliphatic rings. The summed E-state index contributed by atoms with van der Waals surface area (Å²) < 4.78 is 5.68. The van der Waals surface area contributed by atoms with Crippen LogP contribution in [0.1, 0.15) is 5.56 Å². The van der Waals surface area contributed by atoms with Gasteiger partial charge in [-0.05, 0) is 12.5 Å². The fourth-order valence-electron chi connectivity index (χ4n) is 2.70. The zero-order chi connectivity index (χ0) is 12.7. The standard InChI is InChI=1S/C12H15N3O3/c1-8-4-9(15(16)17)5-11-12(8)14-3-2-13-6-10(14)7-18-11/h4-5,10,13H,2-3,6-7H2,1H3. The topological polar surface area (TPSA) is 67.6 Å². The van der Waals surface area contributed by atoms with Gasteiger partial charge in [0.15, 0.2) is 0 Å². The molecule has 0 radical (unpaired) electrons. The average molecular weight is 249 g/mol. The number of hydrogen-bond acceptors (Lipinski definition) is 5. The maximum atomic E-state index is 10.8. The van der Waals surface area contributed by atoms with Crippen molar-refractivity contribution in [1.82, 2.24) is 5.32 Å². The van der Waals surface area contributed by atoms with Gasteiger partial charge in [-0.25, -0.2) is 0 Å². The highest BCUT2D eigenvalue weighted by Gasteiger charge is 2.32. The number of fused-ring (bicyclic) bond motifs is 3. The molecule has 1 aromatic rings. The maximum absolute atomic E-state index is 10.8. The number of aryl methyl sites for hydroxylation is 1. The van der Waals surface area contributed by atoms with Crippen LogP contribution >= 0.6 is 0 Å². The third kappa shape index (κ3) is 1.69. The smallest absolute Gasteiger partial charge is 0.273 e. The van der Waals surface area contributed by atoms with Crippen molar-refractivity contribution >= 4 is 11.4 Å². The van der Waals surface area contributed by atoms with Gasteiger partial charge in [-0.2, -0.15) is 0 Å². The van der Waals surface area contributed by atoms with Gasteiger partial charge in [0.2, 0.25) is 0 Å². The zero-order valence-electron chi connectivity index (χ0n) is 10.2. The lowest BCUT2D eigenvalue weighted by Crippen LogP contribution is -2.56. The van der Waals surface area contributed by atoms with Crippen molar-refractivity contribution in [3.63, 3.8) is 0 Å². The Morgan fingerprint density at radius 3 is 3.17 bits per heavy atom. The van der Waals surface area contributed by atoms with Gasteiger partial charge in [0.25, 0.3) is 5.69 Å². The van der Waals surface area contributed by atoms with Crippen LogP contribution in [0.2, 0.25) is 0 Å². The molecule has 3 rings (SSSR count). The lowest BCUT2D eigenvalue weighted by Gasteiger charge is -2.42. The first-order valence-electron chi connectivity index (χ1n) is 6.06. The molecular weight excluding hydrogens is 234 g/mol. The Morgan fingerprint density at radius 1 is 1.56 bits per heavy atom. The first-order chi connectivity index (χ1) is 8.66. The quantitative estimate of drug-likeness (QED) is 0.595. The van der Waals surface area contributed by atoms with E-state index in [0.717, 1.165) is 30.9 Å². The highest BCUT2D eigenvalue weighted by atomic mass is 16.6. The lowest BCUT2D eigenvalue weighted by molar-refractivity contribution is -0.385. The summed E-state index contributed by atoms with van der Waals surface area (Å²) in [7, 11) is 0. The minimum atomic E-state index is -0.375. The molecule has 18 heavy (non-hydrogen) atoms. The molecule has 96 valence electrons. The Morgan fingerprint density at radius 2 is 2.39 bits per heavy atom. The van der Waals surface area contributed by atoms with E-state index < -0.39 is 0 Å². The molecule has 0 aromatic heterocycles. The van der Waals surface area contributed by atoms with E-state index in [0.29, 0.717) is 18.4 Å². The molecule has 0 bridgehead atoms. The summed E-state index contributed by atoms with van der Waals surface area (Å²) in [4.78, 5) is 12.8. The second-order valence-electron chi connectivity index (χ2n) is 4.73. The van der Waals surface area contributed by atoms with Gasteiger partial charge in [0, 0.05) is 25.7 Å². The molecule has 2 heterocycles. The molecule has 2 aliphatic heterocycles. The summed E-state index contributed by atoms with van der Waals surface area (Å²) in [6.07, 6.45) is 0. The molecule has 1 saturated heterocycles. The van der Waals surface area contributed by atoms with E-state index in [1.807, 2.05) is 6.92 Å². The molecule has 0 spiro atoms. The van der Waals surface area contributed by atoms with E-state index in [1.165, 1.54) is 6.07 Å². The van der Waals surface area contributed by atoms with Crippen LogP contribution in [0.15, 0.2) is 12.1 Å². The summed E-state index contributed by atoms with van der Waals surface area (Å²) in [5.74, 6) is 0.639. The van der Waals surface area contributed by atoms with Gasteiger partial charge in [-0.15, -0.1) is 0 Å². The number of nitrogens with zero attached hydrogens (tertiary/aromatic N) is 2. The fourth-order valence-corrected chi connectivity index (χ4v) is 2.70. The third-order valence-corrected chi connectivity index (χ3v) is 3.53. The Hall–Kier alpha value is -1.82. The Kier molecular flexibility index (Phi) is 2.59. The van der Waals surface area contributed by atoms with Gasteiger partial charge >= 0.3 is 0 Å². The van der Waals surface area contributed by atoms with Crippen molar-refractivity contribution in [2.75, 3.05) is 31.1 Å². The van der Waals surface area contributed by atoms with Crippen molar-refractivity contribution in [3.05, 3.63) is 27.8 Å². The van der Waals surface area contributed by atoms with Gasteiger partial charge in [-0.1, -0.05) is 0 Å². The average Bonchev–Trinajstić information content (AvgIpc) is 2.37. The minimum Gasteiger partial charge on any atom is -0.489 e. The summed E-state index contributed by atoms with van der Waals surface area (Å²) in [5.41, 5.74) is 2.02. The number of ether oxygens (including phenoxy) is 1. The highest BCUT2D eigenvalue weighted by Crippen LogP contribution is 2.40. The van der Waals surface area contributed by atoms with Crippen LogP contribution in [-0.4, -0.2) is 37.2 Å². The zero-order valence-corrected chi connectivity index (χ0v) is 10.2. The van der Waals surface area contributed by atoms with Crippen LogP contribution in [0.5, 0.6) is 5.75 Å². The van der Waals surface area contributed by atoms with Gasteiger partial charge in [0.1, 0.15) is 12.4 Å². The number of anilines is 1. The number of piperazine rings is 1. The van der Waals surface area contributed by atoms with E-state index in [-0.39, 0.29) is 10.6 Å². The van der Waals surface area contributed by atoms with Crippen LogP contribution in [-0.2, 0) is 0 Å². The number of nitrogens with one attached hydrogen (secondary N) is 1. The molecule has 6 nitrogen and oxygen atoms in total. The highest BCUT2D eigenvalue weighted by molar-refractivity contribution is 5.69. The van der Waals surface area contributed by atoms with Crippen LogP contribution in [0.4, 0.5) is 11.4 Å². The predicted octanol–water partition coefficient (Wildman–Crippen LogP) is 1.07. The molecule has 1 unspecified atom stereocenters. The first kappa shape index (κ1) is 11.3. The molecule has 1 aromatic carbocycles. The maximum Gasteiger partial charge on any atom is 0.273 e. The van der Waals surface area contributed by atoms with E-state index in [2.05, 4.69) is 10.2 Å². The second-order valence-corrected chi connectivity index (χ2v) is 4.73. The largest absolute Gasteiger partial charge is 0.489 e. The second kappa shape index (κ2) is 4.13. The fraction of sp³-hybridized carbons (Fsp3) is 0.500. The van der Waals surface area contributed by atoms with E-state index in [9.17, 15) is 10.1 Å². The molecule has 0 saturated carbocycles. The monoisotopic (exact) mass is 249 g/mol. The summed E-state index contributed by atoms with van der Waals surface area (Å²) in [5, 5.41) is 14.2. The Labute approximate surface area is 105 Å². The van der Waals surface area contributed by atoms with Crippen molar-refractivity contribution < 1.29 is 9.66 Å². The summed E-state index contributed by atoms with van der Waals surface area (Å²) >= 11 is 0.